The Kier molecular flexibility index (Phi) is 1.68. The van der Waals surface area contributed by atoms with Crippen LogP contribution in [0.1, 0.15) is 12.6 Å². The molecule has 0 spiro atoms. The van der Waals surface area contributed by atoms with Crippen LogP contribution in [-0.4, -0.2) is 32.0 Å². The van der Waals surface area contributed by atoms with E-state index < -0.39 is 0 Å². The largest absolute Gasteiger partial charge is 0.351 e. The van der Waals surface area contributed by atoms with E-state index in [1.54, 1.807) is 15.8 Å². The third-order valence-corrected chi connectivity index (χ3v) is 2.28. The number of urea groups is 1. The summed E-state index contributed by atoms with van der Waals surface area (Å²) in [5, 5.41) is 7.66. The molecule has 1 aliphatic rings. The van der Waals surface area contributed by atoms with Crippen molar-refractivity contribution in [1.29, 1.82) is 0 Å². The highest BCUT2D eigenvalue weighted by Gasteiger charge is 2.25. The summed E-state index contributed by atoms with van der Waals surface area (Å²) in [7, 11) is 0. The summed E-state index contributed by atoms with van der Waals surface area (Å²) in [5.41, 5.74) is 6.15. The summed E-state index contributed by atoms with van der Waals surface area (Å²) < 4.78 is 1.80. The number of rotatable bonds is 0. The second kappa shape index (κ2) is 2.72. The quantitative estimate of drug-likeness (QED) is 0.589. The van der Waals surface area contributed by atoms with Crippen molar-refractivity contribution in [2.45, 2.75) is 26.1 Å². The average molecular weight is 181 g/mol. The molecule has 2 heterocycles. The predicted molar refractivity (Wildman–Crippen MR) is 44.6 cm³/mol. The van der Waals surface area contributed by atoms with Crippen molar-refractivity contribution >= 4 is 6.03 Å². The molecular formula is C7H11N5O. The SMILES string of the molecule is CC1Cn2nncc2CN1C(N)=O. The molecular weight excluding hydrogens is 170 g/mol. The van der Waals surface area contributed by atoms with Crippen molar-refractivity contribution in [3.05, 3.63) is 11.9 Å². The number of amides is 2. The van der Waals surface area contributed by atoms with Crippen molar-refractivity contribution in [3.63, 3.8) is 0 Å². The number of carbonyl (C=O) groups excluding carboxylic acids is 1. The Hall–Kier alpha value is -1.59. The van der Waals surface area contributed by atoms with Gasteiger partial charge in [0, 0.05) is 0 Å². The Morgan fingerprint density at radius 2 is 2.54 bits per heavy atom. The van der Waals surface area contributed by atoms with Gasteiger partial charge in [-0.1, -0.05) is 5.21 Å². The lowest BCUT2D eigenvalue weighted by molar-refractivity contribution is 0.157. The third-order valence-electron chi connectivity index (χ3n) is 2.28. The van der Waals surface area contributed by atoms with Crippen LogP contribution in [0.4, 0.5) is 4.79 Å². The van der Waals surface area contributed by atoms with Crippen LogP contribution in [-0.2, 0) is 13.1 Å². The molecule has 0 saturated carbocycles. The van der Waals surface area contributed by atoms with Gasteiger partial charge in [-0.3, -0.25) is 0 Å². The zero-order chi connectivity index (χ0) is 9.42. The van der Waals surface area contributed by atoms with Crippen molar-refractivity contribution in [2.75, 3.05) is 0 Å². The zero-order valence-electron chi connectivity index (χ0n) is 7.34. The fourth-order valence-electron chi connectivity index (χ4n) is 1.53. The third kappa shape index (κ3) is 1.24. The van der Waals surface area contributed by atoms with Crippen LogP contribution in [0.15, 0.2) is 6.20 Å². The number of primary amides is 1. The van der Waals surface area contributed by atoms with Crippen LogP contribution in [0.25, 0.3) is 0 Å². The zero-order valence-corrected chi connectivity index (χ0v) is 7.34. The molecule has 2 amide bonds. The fourth-order valence-corrected chi connectivity index (χ4v) is 1.53. The van der Waals surface area contributed by atoms with Gasteiger partial charge in [-0.25, -0.2) is 9.48 Å². The molecule has 1 unspecified atom stereocenters. The van der Waals surface area contributed by atoms with Crippen LogP contribution < -0.4 is 5.73 Å². The van der Waals surface area contributed by atoms with Gasteiger partial charge < -0.3 is 10.6 Å². The first-order valence-corrected chi connectivity index (χ1v) is 4.12. The van der Waals surface area contributed by atoms with Crippen molar-refractivity contribution in [3.8, 4) is 0 Å². The Labute approximate surface area is 75.3 Å². The minimum Gasteiger partial charge on any atom is -0.351 e. The molecule has 6 nitrogen and oxygen atoms in total. The van der Waals surface area contributed by atoms with Gasteiger partial charge in [0.15, 0.2) is 0 Å². The van der Waals surface area contributed by atoms with E-state index in [-0.39, 0.29) is 12.1 Å². The summed E-state index contributed by atoms with van der Waals surface area (Å²) >= 11 is 0. The molecule has 0 saturated heterocycles. The number of nitrogens with zero attached hydrogens (tertiary/aromatic N) is 4. The maximum absolute atomic E-state index is 11.0. The first-order chi connectivity index (χ1) is 6.18. The molecule has 0 bridgehead atoms. The van der Waals surface area contributed by atoms with Crippen LogP contribution >= 0.6 is 0 Å². The Bertz CT molecular complexity index is 333. The Morgan fingerprint density at radius 1 is 1.77 bits per heavy atom. The van der Waals surface area contributed by atoms with Crippen molar-refractivity contribution in [2.24, 2.45) is 5.73 Å². The van der Waals surface area contributed by atoms with E-state index in [1.165, 1.54) is 0 Å². The predicted octanol–water partition coefficient (Wildman–Crippen LogP) is -0.439. The van der Waals surface area contributed by atoms with Gasteiger partial charge in [0.1, 0.15) is 0 Å². The van der Waals surface area contributed by atoms with E-state index in [0.29, 0.717) is 13.1 Å². The van der Waals surface area contributed by atoms with Crippen LogP contribution in [0.2, 0.25) is 0 Å². The maximum Gasteiger partial charge on any atom is 0.315 e. The molecule has 13 heavy (non-hydrogen) atoms. The van der Waals surface area contributed by atoms with Gasteiger partial charge in [-0.15, -0.1) is 5.10 Å². The molecule has 2 N–H and O–H groups in total. The Balaban J connectivity index is 2.27. The molecule has 1 atom stereocenters. The molecule has 1 aliphatic heterocycles. The van der Waals surface area contributed by atoms with Crippen molar-refractivity contribution < 1.29 is 4.79 Å². The van der Waals surface area contributed by atoms with Gasteiger partial charge in [-0.2, -0.15) is 0 Å². The molecule has 0 radical (unpaired) electrons. The highest BCUT2D eigenvalue weighted by Crippen LogP contribution is 2.14. The molecule has 70 valence electrons. The first-order valence-electron chi connectivity index (χ1n) is 4.12. The maximum atomic E-state index is 11.0. The van der Waals surface area contributed by atoms with E-state index in [9.17, 15) is 4.79 Å². The normalized spacial score (nSPS) is 21.3. The van der Waals surface area contributed by atoms with E-state index in [4.69, 9.17) is 5.73 Å². The average Bonchev–Trinajstić information content (AvgIpc) is 2.48. The minimum absolute atomic E-state index is 0.0895. The number of carbonyl (C=O) groups is 1. The topological polar surface area (TPSA) is 77.0 Å². The van der Waals surface area contributed by atoms with Gasteiger partial charge in [0.05, 0.1) is 31.0 Å². The van der Waals surface area contributed by atoms with Crippen LogP contribution in [0, 0.1) is 0 Å². The van der Waals surface area contributed by atoms with E-state index in [1.807, 2.05) is 6.92 Å². The van der Waals surface area contributed by atoms with Crippen LogP contribution in [0.3, 0.4) is 0 Å². The Morgan fingerprint density at radius 3 is 3.23 bits per heavy atom. The molecule has 0 aliphatic carbocycles. The summed E-state index contributed by atoms with van der Waals surface area (Å²) in [4.78, 5) is 12.6. The molecule has 1 aromatic heterocycles. The monoisotopic (exact) mass is 181 g/mol. The second-order valence-electron chi connectivity index (χ2n) is 3.22. The highest BCUT2D eigenvalue weighted by atomic mass is 16.2. The van der Waals surface area contributed by atoms with E-state index >= 15 is 0 Å². The van der Waals surface area contributed by atoms with E-state index in [2.05, 4.69) is 10.3 Å². The smallest absolute Gasteiger partial charge is 0.315 e. The molecule has 2 rings (SSSR count). The van der Waals surface area contributed by atoms with E-state index in [0.717, 1.165) is 5.69 Å². The second-order valence-corrected chi connectivity index (χ2v) is 3.22. The number of aromatic nitrogens is 3. The highest BCUT2D eigenvalue weighted by molar-refractivity contribution is 5.72. The lowest BCUT2D eigenvalue weighted by Gasteiger charge is -2.31. The lowest BCUT2D eigenvalue weighted by atomic mass is 10.2. The lowest BCUT2D eigenvalue weighted by Crippen LogP contribution is -2.47. The van der Waals surface area contributed by atoms with Crippen LogP contribution in [0.5, 0.6) is 0 Å². The van der Waals surface area contributed by atoms with Gasteiger partial charge in [0.2, 0.25) is 0 Å². The summed E-state index contributed by atoms with van der Waals surface area (Å²) in [6, 6.07) is -0.299. The summed E-state index contributed by atoms with van der Waals surface area (Å²) in [5.74, 6) is 0. The first kappa shape index (κ1) is 8.03. The number of hydrogen-bond acceptors (Lipinski definition) is 3. The van der Waals surface area contributed by atoms with Crippen molar-refractivity contribution in [1.82, 2.24) is 19.9 Å². The summed E-state index contributed by atoms with van der Waals surface area (Å²) in [6.45, 7) is 3.11. The molecule has 6 heteroatoms. The number of fused-ring (bicyclic) bond motifs is 1. The fraction of sp³-hybridized carbons (Fsp3) is 0.571. The number of hydrogen-bond donors (Lipinski definition) is 1. The molecule has 1 aromatic rings. The van der Waals surface area contributed by atoms with Gasteiger partial charge >= 0.3 is 6.03 Å². The standard InChI is InChI=1S/C7H11N5O/c1-5-3-12-6(2-9-10-12)4-11(5)7(8)13/h2,5H,3-4H2,1H3,(H2,8,13). The van der Waals surface area contributed by atoms with Gasteiger partial charge in [-0.05, 0) is 6.92 Å². The number of nitrogens with two attached hydrogens (primary N) is 1. The van der Waals surface area contributed by atoms with Gasteiger partial charge in [0.25, 0.3) is 0 Å². The minimum atomic E-state index is -0.389. The molecule has 0 fully saturated rings. The molecule has 0 aromatic carbocycles. The summed E-state index contributed by atoms with van der Waals surface area (Å²) in [6.07, 6.45) is 1.65.